The lowest BCUT2D eigenvalue weighted by atomic mass is 10.0. The van der Waals surface area contributed by atoms with E-state index in [0.29, 0.717) is 28.7 Å². The maximum Gasteiger partial charge on any atom is 0.262 e. The van der Waals surface area contributed by atoms with Gasteiger partial charge in [0.25, 0.3) is 11.8 Å². The van der Waals surface area contributed by atoms with Crippen LogP contribution in [0.1, 0.15) is 49.5 Å². The van der Waals surface area contributed by atoms with E-state index in [0.717, 1.165) is 18.4 Å². The number of hydrogen-bond acceptors (Lipinski definition) is 5. The van der Waals surface area contributed by atoms with Crippen molar-refractivity contribution in [3.05, 3.63) is 58.6 Å². The molecule has 172 valence electrons. The molecule has 0 aliphatic carbocycles. The van der Waals surface area contributed by atoms with Crippen molar-refractivity contribution in [2.24, 2.45) is 11.0 Å². The number of hydrazone groups is 1. The Kier molecular flexibility index (Phi) is 10.0. The summed E-state index contributed by atoms with van der Waals surface area (Å²) in [6.45, 7) is 6.41. The molecule has 0 radical (unpaired) electrons. The highest BCUT2D eigenvalue weighted by molar-refractivity contribution is 6.30. The molecule has 1 unspecified atom stereocenters. The van der Waals surface area contributed by atoms with E-state index in [-0.39, 0.29) is 11.8 Å². The summed E-state index contributed by atoms with van der Waals surface area (Å²) in [5.41, 5.74) is 3.65. The molecule has 7 nitrogen and oxygen atoms in total. The normalized spacial score (nSPS) is 11.9. The van der Waals surface area contributed by atoms with Crippen LogP contribution >= 0.6 is 11.6 Å². The molecule has 0 saturated carbocycles. The highest BCUT2D eigenvalue weighted by Crippen LogP contribution is 2.27. The minimum absolute atomic E-state index is 0.138. The molecule has 2 N–H and O–H groups in total. The first-order chi connectivity index (χ1) is 15.3. The molecule has 0 aromatic heterocycles. The fourth-order valence-electron chi connectivity index (χ4n) is 2.81. The molecule has 2 aromatic rings. The van der Waals surface area contributed by atoms with E-state index in [1.54, 1.807) is 43.5 Å². The maximum atomic E-state index is 12.6. The van der Waals surface area contributed by atoms with Crippen molar-refractivity contribution in [2.45, 2.75) is 39.7 Å². The van der Waals surface area contributed by atoms with Crippen LogP contribution < -0.4 is 20.2 Å². The molecule has 0 aliphatic heterocycles. The molecular weight excluding hydrogens is 430 g/mol. The van der Waals surface area contributed by atoms with E-state index < -0.39 is 11.9 Å². The molecule has 0 spiro atoms. The number of amides is 2. The van der Waals surface area contributed by atoms with Gasteiger partial charge in [0.05, 0.1) is 19.9 Å². The Labute approximate surface area is 194 Å². The van der Waals surface area contributed by atoms with Gasteiger partial charge in [-0.05, 0) is 60.4 Å². The van der Waals surface area contributed by atoms with Gasteiger partial charge in [0.15, 0.2) is 11.5 Å². The lowest BCUT2D eigenvalue weighted by molar-refractivity contribution is -0.123. The zero-order valence-corrected chi connectivity index (χ0v) is 19.6. The average molecular weight is 460 g/mol. The van der Waals surface area contributed by atoms with Gasteiger partial charge in [-0.3, -0.25) is 9.59 Å². The van der Waals surface area contributed by atoms with Crippen molar-refractivity contribution in [2.75, 3.05) is 13.7 Å². The third-order valence-electron chi connectivity index (χ3n) is 4.67. The topological polar surface area (TPSA) is 89.0 Å². The minimum Gasteiger partial charge on any atom is -0.493 e. The molecule has 0 heterocycles. The molecule has 2 rings (SSSR count). The van der Waals surface area contributed by atoms with Crippen LogP contribution in [0.2, 0.25) is 5.02 Å². The number of halogens is 1. The fraction of sp³-hybridized carbons (Fsp3) is 0.375. The molecule has 1 atom stereocenters. The first-order valence-electron chi connectivity index (χ1n) is 10.6. The third-order valence-corrected chi connectivity index (χ3v) is 4.93. The second kappa shape index (κ2) is 12.7. The predicted molar refractivity (Wildman–Crippen MR) is 127 cm³/mol. The quantitative estimate of drug-likeness (QED) is 0.295. The highest BCUT2D eigenvalue weighted by atomic mass is 35.5. The number of unbranched alkanes of at least 4 members (excludes halogenated alkanes) is 1. The second-order valence-corrected chi connectivity index (χ2v) is 7.99. The number of rotatable bonds is 11. The van der Waals surface area contributed by atoms with E-state index in [2.05, 4.69) is 22.8 Å². The van der Waals surface area contributed by atoms with E-state index >= 15 is 0 Å². The number of hydrogen-bond donors (Lipinski definition) is 2. The zero-order chi connectivity index (χ0) is 23.5. The average Bonchev–Trinajstić information content (AvgIpc) is 2.78. The van der Waals surface area contributed by atoms with Crippen LogP contribution in [0.15, 0.2) is 47.6 Å². The Bertz CT molecular complexity index is 929. The van der Waals surface area contributed by atoms with Crippen molar-refractivity contribution in [3.8, 4) is 11.5 Å². The lowest BCUT2D eigenvalue weighted by Crippen LogP contribution is -2.48. The fourth-order valence-corrected chi connectivity index (χ4v) is 2.94. The van der Waals surface area contributed by atoms with E-state index in [1.165, 1.54) is 6.21 Å². The van der Waals surface area contributed by atoms with Crippen LogP contribution in [0.5, 0.6) is 11.5 Å². The van der Waals surface area contributed by atoms with Crippen molar-refractivity contribution in [1.29, 1.82) is 0 Å². The summed E-state index contributed by atoms with van der Waals surface area (Å²) in [6.07, 6.45) is 3.52. The number of methoxy groups -OCH3 is 1. The van der Waals surface area contributed by atoms with E-state index in [1.807, 2.05) is 19.9 Å². The van der Waals surface area contributed by atoms with E-state index in [9.17, 15) is 9.59 Å². The lowest BCUT2D eigenvalue weighted by Gasteiger charge is -2.20. The number of nitrogens with one attached hydrogen (secondary N) is 2. The number of benzene rings is 2. The molecule has 0 saturated heterocycles. The largest absolute Gasteiger partial charge is 0.493 e. The monoisotopic (exact) mass is 459 g/mol. The SMILES string of the molecule is CCCCOc1ccc(/C=N\NC(=O)C(NC(=O)c2ccc(Cl)cc2)C(C)C)cc1OC. The van der Waals surface area contributed by atoms with Gasteiger partial charge < -0.3 is 14.8 Å². The van der Waals surface area contributed by atoms with Crippen molar-refractivity contribution < 1.29 is 19.1 Å². The predicted octanol–water partition coefficient (Wildman–Crippen LogP) is 4.43. The Morgan fingerprint density at radius 1 is 1.12 bits per heavy atom. The number of carbonyl (C=O) groups is 2. The van der Waals surface area contributed by atoms with Gasteiger partial charge in [-0.25, -0.2) is 5.43 Å². The summed E-state index contributed by atoms with van der Waals surface area (Å²) in [6, 6.07) is 11.1. The van der Waals surface area contributed by atoms with Crippen LogP contribution in [0, 0.1) is 5.92 Å². The molecule has 2 amide bonds. The van der Waals surface area contributed by atoms with E-state index in [4.69, 9.17) is 21.1 Å². The highest BCUT2D eigenvalue weighted by Gasteiger charge is 2.24. The molecule has 0 bridgehead atoms. The van der Waals surface area contributed by atoms with Crippen LogP contribution in [-0.2, 0) is 4.79 Å². The standard InChI is InChI=1S/C24H30ClN3O4/c1-5-6-13-32-20-12-7-17(14-21(20)31-4)15-26-28-24(30)22(16(2)3)27-23(29)18-8-10-19(25)11-9-18/h7-12,14-16,22H,5-6,13H2,1-4H3,(H,27,29)(H,28,30)/b26-15-. The zero-order valence-electron chi connectivity index (χ0n) is 18.9. The van der Waals surface area contributed by atoms with Gasteiger partial charge in [-0.1, -0.05) is 38.8 Å². The Morgan fingerprint density at radius 3 is 2.47 bits per heavy atom. The van der Waals surface area contributed by atoms with Crippen molar-refractivity contribution >= 4 is 29.6 Å². The molecule has 8 heteroatoms. The van der Waals surface area contributed by atoms with Gasteiger partial charge in [-0.15, -0.1) is 0 Å². The second-order valence-electron chi connectivity index (χ2n) is 7.55. The van der Waals surface area contributed by atoms with Gasteiger partial charge >= 0.3 is 0 Å². The Balaban J connectivity index is 2.00. The summed E-state index contributed by atoms with van der Waals surface area (Å²) >= 11 is 5.86. The summed E-state index contributed by atoms with van der Waals surface area (Å²) in [7, 11) is 1.57. The molecule has 2 aromatic carbocycles. The van der Waals surface area contributed by atoms with Gasteiger partial charge in [-0.2, -0.15) is 5.10 Å². The Morgan fingerprint density at radius 2 is 1.84 bits per heavy atom. The summed E-state index contributed by atoms with van der Waals surface area (Å²) in [4.78, 5) is 25.1. The first kappa shape index (κ1) is 25.2. The molecular formula is C24H30ClN3O4. The first-order valence-corrected chi connectivity index (χ1v) is 10.9. The third kappa shape index (κ3) is 7.57. The maximum absolute atomic E-state index is 12.6. The minimum atomic E-state index is -0.751. The van der Waals surface area contributed by atoms with Crippen molar-refractivity contribution in [1.82, 2.24) is 10.7 Å². The number of nitrogens with zero attached hydrogens (tertiary/aromatic N) is 1. The van der Waals surface area contributed by atoms with Gasteiger partial charge in [0.1, 0.15) is 6.04 Å². The summed E-state index contributed by atoms with van der Waals surface area (Å²) in [5, 5.41) is 7.31. The van der Waals surface area contributed by atoms with Crippen LogP contribution in [0.3, 0.4) is 0 Å². The molecule has 32 heavy (non-hydrogen) atoms. The van der Waals surface area contributed by atoms with Crippen LogP contribution in [0.25, 0.3) is 0 Å². The summed E-state index contributed by atoms with van der Waals surface area (Å²) < 4.78 is 11.1. The van der Waals surface area contributed by atoms with Gasteiger partial charge in [0, 0.05) is 10.6 Å². The smallest absolute Gasteiger partial charge is 0.262 e. The Hall–Kier alpha value is -3.06. The van der Waals surface area contributed by atoms with Crippen molar-refractivity contribution in [3.63, 3.8) is 0 Å². The molecule has 0 aliphatic rings. The summed E-state index contributed by atoms with van der Waals surface area (Å²) in [5.74, 6) is 0.340. The van der Waals surface area contributed by atoms with Gasteiger partial charge in [0.2, 0.25) is 0 Å². The van der Waals surface area contributed by atoms with Crippen LogP contribution in [-0.4, -0.2) is 37.8 Å². The number of carbonyl (C=O) groups excluding carboxylic acids is 2. The number of ether oxygens (including phenoxy) is 2. The van der Waals surface area contributed by atoms with Crippen LogP contribution in [0.4, 0.5) is 0 Å². The molecule has 0 fully saturated rings.